The van der Waals surface area contributed by atoms with Gasteiger partial charge in [0.1, 0.15) is 0 Å². The first kappa shape index (κ1) is 15.3. The maximum atomic E-state index is 12.5. The molecule has 0 atom stereocenters. The average Bonchev–Trinajstić information content (AvgIpc) is 2.46. The van der Waals surface area contributed by atoms with Gasteiger partial charge < -0.3 is 5.32 Å². The lowest BCUT2D eigenvalue weighted by atomic mass is 10.0. The number of hydrogen-bond acceptors (Lipinski definition) is 3. The lowest BCUT2D eigenvalue weighted by Crippen LogP contribution is -2.28. The molecule has 1 aliphatic rings. The van der Waals surface area contributed by atoms with Crippen molar-refractivity contribution in [3.05, 3.63) is 23.8 Å². The number of fused-ring (bicyclic) bond motifs is 1. The molecule has 1 heterocycles. The van der Waals surface area contributed by atoms with Crippen LogP contribution in [0.1, 0.15) is 38.2 Å². The Kier molecular flexibility index (Phi) is 5.05. The number of aryl methyl sites for hydroxylation is 1. The zero-order valence-corrected chi connectivity index (χ0v) is 13.2. The van der Waals surface area contributed by atoms with Crippen LogP contribution in [0, 0.1) is 0 Å². The molecule has 1 aliphatic heterocycles. The molecule has 0 fully saturated rings. The lowest BCUT2D eigenvalue weighted by Gasteiger charge is -2.21. The summed E-state index contributed by atoms with van der Waals surface area (Å²) in [6.07, 6.45) is 5.08. The zero-order chi connectivity index (χ0) is 14.6. The molecule has 4 nitrogen and oxygen atoms in total. The van der Waals surface area contributed by atoms with Crippen molar-refractivity contribution in [3.8, 4) is 0 Å². The molecule has 0 amide bonds. The highest BCUT2D eigenvalue weighted by molar-refractivity contribution is 7.89. The van der Waals surface area contributed by atoms with Gasteiger partial charge in [-0.15, -0.1) is 0 Å². The van der Waals surface area contributed by atoms with Crippen molar-refractivity contribution >= 4 is 15.7 Å². The Hall–Kier alpha value is -1.07. The molecule has 2 rings (SSSR count). The molecular formula is C15H24N2O2S. The highest BCUT2D eigenvalue weighted by atomic mass is 32.2. The number of sulfonamides is 1. The molecule has 1 aromatic carbocycles. The van der Waals surface area contributed by atoms with E-state index in [9.17, 15) is 8.42 Å². The van der Waals surface area contributed by atoms with E-state index in [1.807, 2.05) is 12.1 Å². The number of nitrogens with zero attached hydrogens (tertiary/aromatic N) is 1. The van der Waals surface area contributed by atoms with Crippen LogP contribution in [0.25, 0.3) is 0 Å². The monoisotopic (exact) mass is 296 g/mol. The van der Waals surface area contributed by atoms with Crippen molar-refractivity contribution < 1.29 is 8.42 Å². The minimum Gasteiger partial charge on any atom is -0.385 e. The van der Waals surface area contributed by atoms with Crippen molar-refractivity contribution in [3.63, 3.8) is 0 Å². The number of hydrogen-bond donors (Lipinski definition) is 1. The molecule has 0 bridgehead atoms. The second-order valence-corrected chi connectivity index (χ2v) is 7.43. The summed E-state index contributed by atoms with van der Waals surface area (Å²) in [6.45, 7) is 3.67. The standard InChI is InChI=1S/C15H24N2O2S/c1-3-4-5-11-17(2)20(18,19)14-8-9-15-13(12-14)7-6-10-16-15/h8-9,12,16H,3-7,10-11H2,1-2H3. The predicted octanol–water partition coefficient (Wildman–Crippen LogP) is 2.86. The molecule has 1 aromatic rings. The van der Waals surface area contributed by atoms with Crippen molar-refractivity contribution in [1.82, 2.24) is 4.31 Å². The summed E-state index contributed by atoms with van der Waals surface area (Å²) in [5.74, 6) is 0. The van der Waals surface area contributed by atoms with Crippen molar-refractivity contribution in [2.75, 3.05) is 25.5 Å². The first-order valence-electron chi connectivity index (χ1n) is 7.39. The van der Waals surface area contributed by atoms with Gasteiger partial charge in [0.25, 0.3) is 0 Å². The van der Waals surface area contributed by atoms with E-state index >= 15 is 0 Å². The van der Waals surface area contributed by atoms with E-state index in [0.29, 0.717) is 11.4 Å². The van der Waals surface area contributed by atoms with Gasteiger partial charge >= 0.3 is 0 Å². The Morgan fingerprint density at radius 2 is 2.10 bits per heavy atom. The van der Waals surface area contributed by atoms with Gasteiger partial charge in [0.15, 0.2) is 0 Å². The maximum absolute atomic E-state index is 12.5. The van der Waals surface area contributed by atoms with Crippen LogP contribution in [-0.4, -0.2) is 32.9 Å². The third kappa shape index (κ3) is 3.33. The first-order valence-corrected chi connectivity index (χ1v) is 8.83. The minimum absolute atomic E-state index is 0.416. The van der Waals surface area contributed by atoms with Crippen LogP contribution in [0.3, 0.4) is 0 Å². The smallest absolute Gasteiger partial charge is 0.242 e. The van der Waals surface area contributed by atoms with Crippen LogP contribution in [-0.2, 0) is 16.4 Å². The van der Waals surface area contributed by atoms with Crippen molar-refractivity contribution in [2.45, 2.75) is 43.9 Å². The van der Waals surface area contributed by atoms with Gasteiger partial charge in [0.05, 0.1) is 4.90 Å². The van der Waals surface area contributed by atoms with Crippen molar-refractivity contribution in [1.29, 1.82) is 0 Å². The van der Waals surface area contributed by atoms with Crippen molar-refractivity contribution in [2.24, 2.45) is 0 Å². The summed E-state index contributed by atoms with van der Waals surface area (Å²) in [6, 6.07) is 5.43. The van der Waals surface area contributed by atoms with Crippen LogP contribution in [0.15, 0.2) is 23.1 Å². The van der Waals surface area contributed by atoms with E-state index in [2.05, 4.69) is 12.2 Å². The largest absolute Gasteiger partial charge is 0.385 e. The average molecular weight is 296 g/mol. The molecular weight excluding hydrogens is 272 g/mol. The zero-order valence-electron chi connectivity index (χ0n) is 12.4. The molecule has 1 N–H and O–H groups in total. The molecule has 0 saturated heterocycles. The van der Waals surface area contributed by atoms with E-state index in [0.717, 1.165) is 49.9 Å². The minimum atomic E-state index is -3.35. The van der Waals surface area contributed by atoms with Crippen LogP contribution >= 0.6 is 0 Å². The Labute approximate surface area is 122 Å². The molecule has 20 heavy (non-hydrogen) atoms. The van der Waals surface area contributed by atoms with Gasteiger partial charge in [-0.05, 0) is 43.0 Å². The number of unbranched alkanes of at least 4 members (excludes halogenated alkanes) is 2. The fourth-order valence-electron chi connectivity index (χ4n) is 2.50. The summed E-state index contributed by atoms with van der Waals surface area (Å²) in [4.78, 5) is 0.416. The lowest BCUT2D eigenvalue weighted by molar-refractivity contribution is 0.454. The highest BCUT2D eigenvalue weighted by Crippen LogP contribution is 2.26. The topological polar surface area (TPSA) is 49.4 Å². The van der Waals surface area contributed by atoms with Gasteiger partial charge in [0, 0.05) is 25.8 Å². The number of anilines is 1. The Bertz CT molecular complexity index is 555. The highest BCUT2D eigenvalue weighted by Gasteiger charge is 2.22. The van der Waals surface area contributed by atoms with Gasteiger partial charge in [-0.2, -0.15) is 0 Å². The van der Waals surface area contributed by atoms with Crippen LogP contribution in [0.5, 0.6) is 0 Å². The van der Waals surface area contributed by atoms with E-state index in [1.165, 1.54) is 4.31 Å². The quantitative estimate of drug-likeness (QED) is 0.821. The summed E-state index contributed by atoms with van der Waals surface area (Å²) in [7, 11) is -1.68. The Morgan fingerprint density at radius 1 is 1.30 bits per heavy atom. The number of rotatable bonds is 6. The maximum Gasteiger partial charge on any atom is 0.242 e. The molecule has 0 radical (unpaired) electrons. The fraction of sp³-hybridized carbons (Fsp3) is 0.600. The van der Waals surface area contributed by atoms with E-state index < -0.39 is 10.0 Å². The van der Waals surface area contributed by atoms with E-state index in [1.54, 1.807) is 13.1 Å². The number of nitrogens with one attached hydrogen (secondary N) is 1. The van der Waals surface area contributed by atoms with E-state index in [4.69, 9.17) is 0 Å². The summed E-state index contributed by atoms with van der Waals surface area (Å²) in [5.41, 5.74) is 2.18. The SMILES string of the molecule is CCCCCN(C)S(=O)(=O)c1ccc2c(c1)CCCN2. The normalized spacial score (nSPS) is 14.9. The van der Waals surface area contributed by atoms with Gasteiger partial charge in [-0.1, -0.05) is 19.8 Å². The third-order valence-electron chi connectivity index (χ3n) is 3.80. The molecule has 0 aromatic heterocycles. The molecule has 112 valence electrons. The molecule has 0 unspecified atom stereocenters. The van der Waals surface area contributed by atoms with Gasteiger partial charge in [-0.3, -0.25) is 0 Å². The molecule has 0 aliphatic carbocycles. The first-order chi connectivity index (χ1) is 9.55. The van der Waals surface area contributed by atoms with Gasteiger partial charge in [-0.25, -0.2) is 12.7 Å². The van der Waals surface area contributed by atoms with E-state index in [-0.39, 0.29) is 0 Å². The number of benzene rings is 1. The fourth-order valence-corrected chi connectivity index (χ4v) is 3.76. The third-order valence-corrected chi connectivity index (χ3v) is 5.65. The van der Waals surface area contributed by atoms with Gasteiger partial charge in [0.2, 0.25) is 10.0 Å². The summed E-state index contributed by atoms with van der Waals surface area (Å²) in [5, 5.41) is 3.30. The molecule has 0 spiro atoms. The van der Waals surface area contributed by atoms with Crippen LogP contribution in [0.4, 0.5) is 5.69 Å². The van der Waals surface area contributed by atoms with Crippen LogP contribution in [0.2, 0.25) is 0 Å². The molecule has 0 saturated carbocycles. The summed E-state index contributed by atoms with van der Waals surface area (Å²) < 4.78 is 26.5. The van der Waals surface area contributed by atoms with Crippen LogP contribution < -0.4 is 5.32 Å². The second kappa shape index (κ2) is 6.59. The predicted molar refractivity (Wildman–Crippen MR) is 82.6 cm³/mol. The Morgan fingerprint density at radius 3 is 2.85 bits per heavy atom. The molecule has 5 heteroatoms. The Balaban J connectivity index is 2.16. The summed E-state index contributed by atoms with van der Waals surface area (Å²) >= 11 is 0. The second-order valence-electron chi connectivity index (χ2n) is 5.38.